The van der Waals surface area contributed by atoms with Gasteiger partial charge in [0, 0.05) is 37.3 Å². The number of carboxylic acid groups (broad SMARTS) is 1. The highest BCUT2D eigenvalue weighted by molar-refractivity contribution is 6.31. The Balaban J connectivity index is 1.46. The zero-order valence-corrected chi connectivity index (χ0v) is 20.1. The van der Waals surface area contributed by atoms with Gasteiger partial charge in [0.25, 0.3) is 0 Å². The van der Waals surface area contributed by atoms with E-state index < -0.39 is 36.7 Å². The van der Waals surface area contributed by atoms with Crippen LogP contribution in [0.1, 0.15) is 5.56 Å². The number of piperazine rings is 1. The summed E-state index contributed by atoms with van der Waals surface area (Å²) in [6.45, 7) is 3.34. The number of hydrogen-bond acceptors (Lipinski definition) is 10. The summed E-state index contributed by atoms with van der Waals surface area (Å²) in [6.07, 6.45) is -8.56. The average Bonchev–Trinajstić information content (AvgIpc) is 3.01. The Hall–Kier alpha value is -2.93. The van der Waals surface area contributed by atoms with E-state index in [-0.39, 0.29) is 5.75 Å². The Labute approximate surface area is 211 Å². The molecule has 2 aromatic rings. The topological polar surface area (TPSA) is 145 Å². The van der Waals surface area contributed by atoms with Gasteiger partial charge in [-0.15, -0.1) is 0 Å². The monoisotopic (exact) mass is 519 g/mol. The van der Waals surface area contributed by atoms with E-state index in [1.165, 1.54) is 6.07 Å². The molecule has 36 heavy (non-hydrogen) atoms. The normalized spacial score (nSPS) is 28.3. The fourth-order valence-electron chi connectivity index (χ4n) is 4.34. The van der Waals surface area contributed by atoms with Crippen LogP contribution in [-0.4, -0.2) is 106 Å². The van der Waals surface area contributed by atoms with Crippen LogP contribution in [0.5, 0.6) is 17.2 Å². The number of amidine groups is 1. The number of carboxylic acids is 1. The van der Waals surface area contributed by atoms with Gasteiger partial charge in [0.15, 0.2) is 11.9 Å². The Bertz CT molecular complexity index is 1190. The van der Waals surface area contributed by atoms with E-state index >= 15 is 0 Å². The number of halogens is 1. The van der Waals surface area contributed by atoms with Crippen molar-refractivity contribution in [3.63, 3.8) is 0 Å². The highest BCUT2D eigenvalue weighted by Crippen LogP contribution is 2.41. The van der Waals surface area contributed by atoms with Crippen molar-refractivity contribution < 1.29 is 39.4 Å². The van der Waals surface area contributed by atoms with Crippen molar-refractivity contribution in [1.29, 1.82) is 0 Å². The molecule has 3 aliphatic heterocycles. The molecule has 11 nitrogen and oxygen atoms in total. The molecule has 3 heterocycles. The quantitative estimate of drug-likeness (QED) is 0.464. The van der Waals surface area contributed by atoms with Crippen LogP contribution in [-0.2, 0) is 9.53 Å². The number of nitrogens with zero attached hydrogens (tertiary/aromatic N) is 3. The van der Waals surface area contributed by atoms with Crippen molar-refractivity contribution in [3.8, 4) is 17.2 Å². The van der Waals surface area contributed by atoms with Gasteiger partial charge in [0.1, 0.15) is 41.3 Å². The van der Waals surface area contributed by atoms with E-state index in [1.54, 1.807) is 24.3 Å². The van der Waals surface area contributed by atoms with Crippen molar-refractivity contribution in [2.75, 3.05) is 33.2 Å². The Morgan fingerprint density at radius 1 is 1.03 bits per heavy atom. The van der Waals surface area contributed by atoms with Crippen LogP contribution >= 0.6 is 11.6 Å². The van der Waals surface area contributed by atoms with Crippen LogP contribution < -0.4 is 9.47 Å². The molecule has 0 aromatic heterocycles. The third-order valence-corrected chi connectivity index (χ3v) is 6.66. The van der Waals surface area contributed by atoms with E-state index in [0.717, 1.165) is 37.6 Å². The molecular weight excluding hydrogens is 494 g/mol. The fourth-order valence-corrected chi connectivity index (χ4v) is 4.52. The SMILES string of the molecule is CN1CCN(C2=Nc3ccc(O[C@@H]4O[C@H](C(=O)O)[C@@H](O)[C@H](O)[C@H]4O)cc3Oc3ccc(Cl)cc32)CC1. The van der Waals surface area contributed by atoms with Gasteiger partial charge in [-0.2, -0.15) is 0 Å². The molecule has 2 aromatic carbocycles. The first kappa shape index (κ1) is 24.8. The van der Waals surface area contributed by atoms with Gasteiger partial charge in [-0.1, -0.05) is 11.6 Å². The van der Waals surface area contributed by atoms with Crippen molar-refractivity contribution in [3.05, 3.63) is 47.0 Å². The van der Waals surface area contributed by atoms with Gasteiger partial charge in [0.2, 0.25) is 6.29 Å². The second-order valence-corrected chi connectivity index (χ2v) is 9.39. The highest BCUT2D eigenvalue weighted by atomic mass is 35.5. The number of ether oxygens (including phenoxy) is 3. The number of hydrogen-bond donors (Lipinski definition) is 4. The molecule has 0 bridgehead atoms. The van der Waals surface area contributed by atoms with Crippen LogP contribution in [0.2, 0.25) is 5.02 Å². The fraction of sp³-hybridized carbons (Fsp3) is 0.417. The van der Waals surface area contributed by atoms with Crippen LogP contribution in [0.25, 0.3) is 0 Å². The number of fused-ring (bicyclic) bond motifs is 2. The molecule has 5 rings (SSSR count). The number of aliphatic hydroxyl groups is 3. The summed E-state index contributed by atoms with van der Waals surface area (Å²) in [5, 5.41) is 40.0. The average molecular weight is 520 g/mol. The number of aliphatic hydroxyl groups excluding tert-OH is 3. The number of likely N-dealkylation sites (N-methyl/N-ethyl adjacent to an activating group) is 1. The molecule has 4 N–H and O–H groups in total. The van der Waals surface area contributed by atoms with Crippen LogP contribution in [0.4, 0.5) is 5.69 Å². The maximum atomic E-state index is 11.4. The van der Waals surface area contributed by atoms with Crippen molar-refractivity contribution >= 4 is 29.1 Å². The Morgan fingerprint density at radius 3 is 2.50 bits per heavy atom. The molecular formula is C24H26ClN3O8. The molecule has 0 amide bonds. The zero-order chi connectivity index (χ0) is 25.6. The largest absolute Gasteiger partial charge is 0.479 e. The molecule has 0 spiro atoms. The summed E-state index contributed by atoms with van der Waals surface area (Å²) < 4.78 is 17.1. The lowest BCUT2D eigenvalue weighted by atomic mass is 9.99. The van der Waals surface area contributed by atoms with Crippen LogP contribution in [0.15, 0.2) is 41.4 Å². The molecule has 2 fully saturated rings. The molecule has 2 saturated heterocycles. The smallest absolute Gasteiger partial charge is 0.335 e. The molecule has 5 atom stereocenters. The van der Waals surface area contributed by atoms with E-state index in [1.807, 2.05) is 6.07 Å². The minimum absolute atomic E-state index is 0.180. The number of aliphatic imine (C=N–C) groups is 1. The van der Waals surface area contributed by atoms with Crippen LogP contribution in [0.3, 0.4) is 0 Å². The minimum Gasteiger partial charge on any atom is -0.479 e. The van der Waals surface area contributed by atoms with Crippen LogP contribution in [0, 0.1) is 0 Å². The molecule has 0 unspecified atom stereocenters. The van der Waals surface area contributed by atoms with E-state index in [9.17, 15) is 25.2 Å². The molecule has 0 radical (unpaired) electrons. The lowest BCUT2D eigenvalue weighted by Gasteiger charge is -2.38. The Morgan fingerprint density at radius 2 is 1.78 bits per heavy atom. The Kier molecular flexibility index (Phi) is 6.77. The van der Waals surface area contributed by atoms with Crippen molar-refractivity contribution in [1.82, 2.24) is 9.80 Å². The third-order valence-electron chi connectivity index (χ3n) is 6.43. The highest BCUT2D eigenvalue weighted by Gasteiger charge is 2.48. The molecule has 0 aliphatic carbocycles. The predicted octanol–water partition coefficient (Wildman–Crippen LogP) is 1.04. The second kappa shape index (κ2) is 9.85. The minimum atomic E-state index is -1.81. The first-order valence-electron chi connectivity index (χ1n) is 11.4. The summed E-state index contributed by atoms with van der Waals surface area (Å²) in [5.74, 6) is 0.334. The summed E-state index contributed by atoms with van der Waals surface area (Å²) in [7, 11) is 2.07. The third kappa shape index (κ3) is 4.73. The van der Waals surface area contributed by atoms with E-state index in [2.05, 4.69) is 16.8 Å². The number of aliphatic carboxylic acids is 1. The van der Waals surface area contributed by atoms with Crippen molar-refractivity contribution in [2.45, 2.75) is 30.7 Å². The summed E-state index contributed by atoms with van der Waals surface area (Å²) >= 11 is 6.30. The maximum absolute atomic E-state index is 11.4. The van der Waals surface area contributed by atoms with E-state index in [4.69, 9.17) is 30.8 Å². The first-order valence-corrected chi connectivity index (χ1v) is 11.8. The molecule has 192 valence electrons. The van der Waals surface area contributed by atoms with Gasteiger partial charge in [-0.25, -0.2) is 9.79 Å². The number of benzene rings is 2. The van der Waals surface area contributed by atoms with Crippen molar-refractivity contribution in [2.24, 2.45) is 4.99 Å². The number of rotatable bonds is 3. The van der Waals surface area contributed by atoms with Gasteiger partial charge in [-0.05, 0) is 37.4 Å². The van der Waals surface area contributed by atoms with Gasteiger partial charge < -0.3 is 44.4 Å². The zero-order valence-electron chi connectivity index (χ0n) is 19.3. The lowest BCUT2D eigenvalue weighted by Crippen LogP contribution is -2.61. The standard InChI is InChI=1S/C24H26ClN3O8/c1-27-6-8-28(9-7-27)22-14-10-12(25)2-5-16(14)35-17-11-13(3-4-15(17)26-22)34-24-20(31)18(29)19(30)21(36-24)23(32)33/h2-5,10-11,18-21,24,29-31H,6-9H2,1H3,(H,32,33)/t18-,19-,20+,21-,24+/m0/s1. The number of carbonyl (C=O) groups is 1. The maximum Gasteiger partial charge on any atom is 0.335 e. The molecule has 0 saturated carbocycles. The van der Waals surface area contributed by atoms with Gasteiger partial charge in [0.05, 0.1) is 5.56 Å². The summed E-state index contributed by atoms with van der Waals surface area (Å²) in [4.78, 5) is 20.7. The van der Waals surface area contributed by atoms with Gasteiger partial charge in [-0.3, -0.25) is 0 Å². The van der Waals surface area contributed by atoms with Gasteiger partial charge >= 0.3 is 5.97 Å². The molecule has 3 aliphatic rings. The summed E-state index contributed by atoms with van der Waals surface area (Å²) in [5.41, 5.74) is 1.28. The molecule has 12 heteroatoms. The first-order chi connectivity index (χ1) is 17.2. The predicted molar refractivity (Wildman–Crippen MR) is 128 cm³/mol. The lowest BCUT2D eigenvalue weighted by molar-refractivity contribution is -0.271. The summed E-state index contributed by atoms with van der Waals surface area (Å²) in [6, 6.07) is 10.1. The second-order valence-electron chi connectivity index (χ2n) is 8.95. The van der Waals surface area contributed by atoms with E-state index in [0.29, 0.717) is 22.2 Å².